The van der Waals surface area contributed by atoms with Gasteiger partial charge in [0.05, 0.1) is 19.6 Å². The van der Waals surface area contributed by atoms with Gasteiger partial charge in [-0.25, -0.2) is 4.79 Å². The number of rotatable bonds is 8. The number of carbonyl (C=O) groups excluding carboxylic acids is 3. The fourth-order valence-corrected chi connectivity index (χ4v) is 1.29. The van der Waals surface area contributed by atoms with E-state index >= 15 is 0 Å². The second-order valence-corrected chi connectivity index (χ2v) is 3.96. The van der Waals surface area contributed by atoms with Crippen LogP contribution in [0.4, 0.5) is 0 Å². The Hall–Kier alpha value is -1.85. The third-order valence-corrected chi connectivity index (χ3v) is 2.04. The Morgan fingerprint density at radius 1 is 1.00 bits per heavy atom. The third-order valence-electron chi connectivity index (χ3n) is 2.04. The molecule has 6 nitrogen and oxygen atoms in total. The standard InChI is InChI=1S/C13H21NO5/c1-5-18-12(16)8-7-11(15)10(9-14(3)4)13(17)19-6-2/h9H,5-8H2,1-4H3. The van der Waals surface area contributed by atoms with Crippen LogP contribution >= 0.6 is 0 Å². The van der Waals surface area contributed by atoms with Crippen molar-refractivity contribution in [2.75, 3.05) is 27.3 Å². The van der Waals surface area contributed by atoms with Crippen LogP contribution in [0.1, 0.15) is 26.7 Å². The first-order valence-electron chi connectivity index (χ1n) is 6.16. The molecule has 6 heteroatoms. The summed E-state index contributed by atoms with van der Waals surface area (Å²) in [5.74, 6) is -1.56. The lowest BCUT2D eigenvalue weighted by atomic mass is 10.1. The zero-order valence-corrected chi connectivity index (χ0v) is 11.9. The predicted octanol–water partition coefficient (Wildman–Crippen LogP) is 0.907. The van der Waals surface area contributed by atoms with E-state index in [1.165, 1.54) is 6.20 Å². The highest BCUT2D eigenvalue weighted by molar-refractivity contribution is 6.17. The maximum absolute atomic E-state index is 11.9. The van der Waals surface area contributed by atoms with E-state index in [1.54, 1.807) is 32.8 Å². The highest BCUT2D eigenvalue weighted by Gasteiger charge is 2.20. The Bertz CT molecular complexity index is 360. The van der Waals surface area contributed by atoms with Crippen LogP contribution in [0, 0.1) is 0 Å². The smallest absolute Gasteiger partial charge is 0.343 e. The molecule has 0 atom stereocenters. The number of carbonyl (C=O) groups is 3. The summed E-state index contributed by atoms with van der Waals surface area (Å²) in [5.41, 5.74) is -0.0591. The van der Waals surface area contributed by atoms with Gasteiger partial charge in [0.25, 0.3) is 0 Å². The van der Waals surface area contributed by atoms with E-state index < -0.39 is 17.7 Å². The topological polar surface area (TPSA) is 72.9 Å². The SMILES string of the molecule is CCOC(=O)CCC(=O)C(=CN(C)C)C(=O)OCC. The minimum atomic E-state index is -0.676. The third kappa shape index (κ3) is 7.23. The number of ether oxygens (including phenoxy) is 2. The molecule has 0 aliphatic heterocycles. The molecular weight excluding hydrogens is 250 g/mol. The van der Waals surface area contributed by atoms with E-state index in [2.05, 4.69) is 0 Å². The van der Waals surface area contributed by atoms with E-state index in [1.807, 2.05) is 0 Å². The van der Waals surface area contributed by atoms with E-state index in [0.29, 0.717) is 0 Å². The molecule has 0 fully saturated rings. The molecule has 0 saturated heterocycles. The number of hydrogen-bond acceptors (Lipinski definition) is 6. The molecule has 0 radical (unpaired) electrons. The lowest BCUT2D eigenvalue weighted by molar-refractivity contribution is -0.145. The quantitative estimate of drug-likeness (QED) is 0.283. The van der Waals surface area contributed by atoms with Gasteiger partial charge in [-0.05, 0) is 13.8 Å². The summed E-state index contributed by atoms with van der Waals surface area (Å²) in [7, 11) is 3.38. The summed E-state index contributed by atoms with van der Waals surface area (Å²) < 4.78 is 9.53. The normalized spacial score (nSPS) is 10.8. The highest BCUT2D eigenvalue weighted by atomic mass is 16.5. The molecular formula is C13H21NO5. The molecule has 0 spiro atoms. The van der Waals surface area contributed by atoms with Crippen molar-refractivity contribution in [3.63, 3.8) is 0 Å². The minimum Gasteiger partial charge on any atom is -0.466 e. The first-order valence-corrected chi connectivity index (χ1v) is 6.16. The second kappa shape index (κ2) is 9.13. The molecule has 0 aromatic carbocycles. The Labute approximate surface area is 113 Å². The molecule has 0 rings (SSSR count). The van der Waals surface area contributed by atoms with Gasteiger partial charge in [-0.1, -0.05) is 0 Å². The first kappa shape index (κ1) is 17.2. The Kier molecular flexibility index (Phi) is 8.24. The lowest BCUT2D eigenvalue weighted by Gasteiger charge is -2.10. The van der Waals surface area contributed by atoms with Crippen molar-refractivity contribution in [1.29, 1.82) is 0 Å². The molecule has 0 saturated carbocycles. The van der Waals surface area contributed by atoms with Crippen LogP contribution in [-0.4, -0.2) is 49.9 Å². The molecule has 0 bridgehead atoms. The van der Waals surface area contributed by atoms with Crippen molar-refractivity contribution in [3.05, 3.63) is 11.8 Å². The van der Waals surface area contributed by atoms with Crippen molar-refractivity contribution in [3.8, 4) is 0 Å². The van der Waals surface area contributed by atoms with E-state index in [9.17, 15) is 14.4 Å². The van der Waals surface area contributed by atoms with Gasteiger partial charge in [-0.3, -0.25) is 9.59 Å². The maximum Gasteiger partial charge on any atom is 0.343 e. The molecule has 0 aliphatic carbocycles. The fraction of sp³-hybridized carbons (Fsp3) is 0.615. The fourth-order valence-electron chi connectivity index (χ4n) is 1.29. The predicted molar refractivity (Wildman–Crippen MR) is 69.3 cm³/mol. The molecule has 0 aromatic rings. The Morgan fingerprint density at radius 2 is 1.58 bits per heavy atom. The molecule has 19 heavy (non-hydrogen) atoms. The van der Waals surface area contributed by atoms with Gasteiger partial charge in [-0.2, -0.15) is 0 Å². The summed E-state index contributed by atoms with van der Waals surface area (Å²) >= 11 is 0. The highest BCUT2D eigenvalue weighted by Crippen LogP contribution is 2.07. The lowest BCUT2D eigenvalue weighted by Crippen LogP contribution is -2.20. The molecule has 0 amide bonds. The Balaban J connectivity index is 4.65. The zero-order chi connectivity index (χ0) is 14.8. The van der Waals surface area contributed by atoms with Crippen molar-refractivity contribution < 1.29 is 23.9 Å². The van der Waals surface area contributed by atoms with Crippen molar-refractivity contribution >= 4 is 17.7 Å². The van der Waals surface area contributed by atoms with Crippen molar-refractivity contribution in [2.45, 2.75) is 26.7 Å². The first-order chi connectivity index (χ1) is 8.92. The summed E-state index contributed by atoms with van der Waals surface area (Å²) in [6, 6.07) is 0. The van der Waals surface area contributed by atoms with E-state index in [0.717, 1.165) is 0 Å². The number of nitrogens with zero attached hydrogens (tertiary/aromatic N) is 1. The van der Waals surface area contributed by atoms with Crippen LogP contribution in [0.25, 0.3) is 0 Å². The summed E-state index contributed by atoms with van der Waals surface area (Å²) in [4.78, 5) is 36.3. The second-order valence-electron chi connectivity index (χ2n) is 3.96. The van der Waals surface area contributed by atoms with Gasteiger partial charge in [0.1, 0.15) is 5.57 Å². The monoisotopic (exact) mass is 271 g/mol. The molecule has 0 aromatic heterocycles. The molecule has 0 N–H and O–H groups in total. The van der Waals surface area contributed by atoms with E-state index in [-0.39, 0.29) is 31.6 Å². The van der Waals surface area contributed by atoms with Crippen LogP contribution in [0.15, 0.2) is 11.8 Å². The van der Waals surface area contributed by atoms with Crippen LogP contribution in [0.5, 0.6) is 0 Å². The van der Waals surface area contributed by atoms with E-state index in [4.69, 9.17) is 9.47 Å². The summed E-state index contributed by atoms with van der Waals surface area (Å²) in [6.07, 6.45) is 1.28. The van der Waals surface area contributed by atoms with Gasteiger partial charge in [0, 0.05) is 26.7 Å². The molecule has 0 unspecified atom stereocenters. The molecule has 0 aliphatic rings. The molecule has 108 valence electrons. The average Bonchev–Trinajstić information content (AvgIpc) is 2.33. The van der Waals surface area contributed by atoms with Crippen molar-refractivity contribution in [1.82, 2.24) is 4.90 Å². The maximum atomic E-state index is 11.9. The zero-order valence-electron chi connectivity index (χ0n) is 11.9. The van der Waals surface area contributed by atoms with Crippen LogP contribution in [0.2, 0.25) is 0 Å². The van der Waals surface area contributed by atoms with Crippen molar-refractivity contribution in [2.24, 2.45) is 0 Å². The van der Waals surface area contributed by atoms with Crippen LogP contribution < -0.4 is 0 Å². The van der Waals surface area contributed by atoms with Gasteiger partial charge in [-0.15, -0.1) is 0 Å². The number of hydrogen-bond donors (Lipinski definition) is 0. The summed E-state index contributed by atoms with van der Waals surface area (Å²) in [6.45, 7) is 3.81. The number of ketones is 1. The van der Waals surface area contributed by atoms with Crippen LogP contribution in [-0.2, 0) is 23.9 Å². The number of Topliss-reactive ketones (excluding diaryl/α,β-unsaturated/α-hetero) is 1. The number of esters is 2. The van der Waals surface area contributed by atoms with Gasteiger partial charge < -0.3 is 14.4 Å². The van der Waals surface area contributed by atoms with Crippen LogP contribution in [0.3, 0.4) is 0 Å². The average molecular weight is 271 g/mol. The van der Waals surface area contributed by atoms with Gasteiger partial charge >= 0.3 is 11.9 Å². The molecule has 0 heterocycles. The summed E-state index contributed by atoms with van der Waals surface area (Å²) in [5, 5.41) is 0. The Morgan fingerprint density at radius 3 is 2.05 bits per heavy atom. The largest absolute Gasteiger partial charge is 0.466 e. The van der Waals surface area contributed by atoms with Gasteiger partial charge in [0.15, 0.2) is 5.78 Å². The van der Waals surface area contributed by atoms with Gasteiger partial charge in [0.2, 0.25) is 0 Å². The minimum absolute atomic E-state index is 0.0448.